The Morgan fingerprint density at radius 1 is 0.765 bits per heavy atom. The second-order valence-corrected chi connectivity index (χ2v) is 6.83. The van der Waals surface area contributed by atoms with Crippen molar-refractivity contribution in [3.05, 3.63) is 0 Å². The highest BCUT2D eigenvalue weighted by Gasteiger charge is 2.20. The molecule has 2 saturated carbocycles. The average Bonchev–Trinajstić information content (AvgIpc) is 2.34. The van der Waals surface area contributed by atoms with E-state index >= 15 is 0 Å². The number of rotatable bonds is 4. The first-order valence-corrected chi connectivity index (χ1v) is 7.97. The van der Waals surface area contributed by atoms with E-state index in [9.17, 15) is 0 Å². The molecule has 0 radical (unpaired) electrons. The molecule has 0 spiro atoms. The summed E-state index contributed by atoms with van der Waals surface area (Å²) >= 11 is 0. The van der Waals surface area contributed by atoms with Crippen molar-refractivity contribution in [1.82, 2.24) is 5.32 Å². The molecule has 2 aliphatic rings. The maximum atomic E-state index is 3.80. The van der Waals surface area contributed by atoms with E-state index in [1.54, 1.807) is 0 Å². The van der Waals surface area contributed by atoms with Crippen molar-refractivity contribution in [2.45, 2.75) is 77.7 Å². The first kappa shape index (κ1) is 13.4. The summed E-state index contributed by atoms with van der Waals surface area (Å²) in [6.07, 6.45) is 13.1. The van der Waals surface area contributed by atoms with Crippen LogP contribution in [-0.4, -0.2) is 12.6 Å². The van der Waals surface area contributed by atoms with E-state index in [0.29, 0.717) is 0 Å². The summed E-state index contributed by atoms with van der Waals surface area (Å²) in [5, 5.41) is 3.80. The van der Waals surface area contributed by atoms with Crippen LogP contribution in [0.3, 0.4) is 0 Å². The van der Waals surface area contributed by atoms with Crippen LogP contribution in [0, 0.1) is 17.8 Å². The lowest BCUT2D eigenvalue weighted by Gasteiger charge is -2.29. The van der Waals surface area contributed by atoms with E-state index < -0.39 is 0 Å². The fraction of sp³-hybridized carbons (Fsp3) is 1.00. The summed E-state index contributed by atoms with van der Waals surface area (Å²) in [4.78, 5) is 0. The molecule has 2 fully saturated rings. The predicted molar refractivity (Wildman–Crippen MR) is 75.2 cm³/mol. The van der Waals surface area contributed by atoms with E-state index in [1.807, 2.05) is 0 Å². The molecule has 2 aliphatic carbocycles. The second kappa shape index (κ2) is 6.78. The van der Waals surface area contributed by atoms with Gasteiger partial charge < -0.3 is 5.32 Å². The highest BCUT2D eigenvalue weighted by molar-refractivity contribution is 4.76. The zero-order valence-corrected chi connectivity index (χ0v) is 11.9. The Kier molecular flexibility index (Phi) is 5.34. The summed E-state index contributed by atoms with van der Waals surface area (Å²) in [5.41, 5.74) is 0. The zero-order chi connectivity index (χ0) is 12.1. The monoisotopic (exact) mass is 237 g/mol. The van der Waals surface area contributed by atoms with E-state index in [-0.39, 0.29) is 0 Å². The molecular formula is C16H31N. The lowest BCUT2D eigenvalue weighted by Crippen LogP contribution is -2.34. The van der Waals surface area contributed by atoms with Crippen LogP contribution in [0.1, 0.15) is 71.6 Å². The van der Waals surface area contributed by atoms with Gasteiger partial charge in [0.2, 0.25) is 0 Å². The van der Waals surface area contributed by atoms with Gasteiger partial charge in [0.05, 0.1) is 0 Å². The molecule has 0 bridgehead atoms. The smallest absolute Gasteiger partial charge is 0.00672 e. The molecule has 100 valence electrons. The molecule has 0 heterocycles. The van der Waals surface area contributed by atoms with Crippen LogP contribution in [0.4, 0.5) is 0 Å². The molecule has 0 aromatic carbocycles. The largest absolute Gasteiger partial charge is 0.314 e. The Balaban J connectivity index is 1.54. The van der Waals surface area contributed by atoms with Crippen LogP contribution in [0.15, 0.2) is 0 Å². The zero-order valence-electron chi connectivity index (χ0n) is 11.9. The minimum atomic E-state index is 0.841. The molecule has 0 saturated heterocycles. The van der Waals surface area contributed by atoms with Crippen LogP contribution in [0.5, 0.6) is 0 Å². The molecule has 1 nitrogen and oxygen atoms in total. The van der Waals surface area contributed by atoms with Crippen LogP contribution in [-0.2, 0) is 0 Å². The van der Waals surface area contributed by atoms with Crippen molar-refractivity contribution in [1.29, 1.82) is 0 Å². The van der Waals surface area contributed by atoms with Gasteiger partial charge in [-0.2, -0.15) is 0 Å². The van der Waals surface area contributed by atoms with Gasteiger partial charge in [-0.25, -0.2) is 0 Å². The molecule has 17 heavy (non-hydrogen) atoms. The highest BCUT2D eigenvalue weighted by atomic mass is 14.9. The van der Waals surface area contributed by atoms with Crippen LogP contribution in [0.2, 0.25) is 0 Å². The highest BCUT2D eigenvalue weighted by Crippen LogP contribution is 2.30. The molecule has 0 atom stereocenters. The summed E-state index contributed by atoms with van der Waals surface area (Å²) in [6.45, 7) is 6.09. The third-order valence-corrected chi connectivity index (χ3v) is 5.14. The van der Waals surface area contributed by atoms with Gasteiger partial charge in [-0.15, -0.1) is 0 Å². The number of hydrogen-bond donors (Lipinski definition) is 1. The van der Waals surface area contributed by atoms with Gasteiger partial charge >= 0.3 is 0 Å². The molecule has 0 aliphatic heterocycles. The van der Waals surface area contributed by atoms with Crippen molar-refractivity contribution in [2.75, 3.05) is 6.54 Å². The summed E-state index contributed by atoms with van der Waals surface area (Å²) in [7, 11) is 0. The van der Waals surface area contributed by atoms with Crippen molar-refractivity contribution in [3.8, 4) is 0 Å². The molecule has 2 rings (SSSR count). The number of hydrogen-bond acceptors (Lipinski definition) is 1. The van der Waals surface area contributed by atoms with Crippen LogP contribution < -0.4 is 5.32 Å². The third-order valence-electron chi connectivity index (χ3n) is 5.14. The van der Waals surface area contributed by atoms with Gasteiger partial charge in [-0.1, -0.05) is 39.5 Å². The molecule has 0 aromatic heterocycles. The lowest BCUT2D eigenvalue weighted by atomic mass is 9.81. The van der Waals surface area contributed by atoms with E-state index in [2.05, 4.69) is 19.2 Å². The SMILES string of the molecule is CC1CCC(CCNC2CCC(C)CC2)CC1. The maximum Gasteiger partial charge on any atom is 0.00672 e. The first-order chi connectivity index (χ1) is 8.24. The van der Waals surface area contributed by atoms with Crippen LogP contribution >= 0.6 is 0 Å². The van der Waals surface area contributed by atoms with Gasteiger partial charge in [0.15, 0.2) is 0 Å². The average molecular weight is 237 g/mol. The molecule has 1 heteroatoms. The Morgan fingerprint density at radius 2 is 1.29 bits per heavy atom. The normalized spacial score (nSPS) is 39.2. The molecular weight excluding hydrogens is 206 g/mol. The first-order valence-electron chi connectivity index (χ1n) is 7.97. The minimum Gasteiger partial charge on any atom is -0.314 e. The fourth-order valence-electron chi connectivity index (χ4n) is 3.57. The van der Waals surface area contributed by atoms with Gasteiger partial charge in [0, 0.05) is 6.04 Å². The van der Waals surface area contributed by atoms with E-state index in [1.165, 1.54) is 64.3 Å². The summed E-state index contributed by atoms with van der Waals surface area (Å²) in [6, 6.07) is 0.841. The number of nitrogens with one attached hydrogen (secondary N) is 1. The predicted octanol–water partition coefficient (Wildman–Crippen LogP) is 4.37. The quantitative estimate of drug-likeness (QED) is 0.765. The molecule has 1 N–H and O–H groups in total. The Hall–Kier alpha value is -0.0400. The maximum absolute atomic E-state index is 3.80. The van der Waals surface area contributed by atoms with Gasteiger partial charge in [0.1, 0.15) is 0 Å². The summed E-state index contributed by atoms with van der Waals surface area (Å²) < 4.78 is 0. The Labute approximate surface area is 108 Å². The minimum absolute atomic E-state index is 0.841. The standard InChI is InChI=1S/C16H31N/c1-13-3-7-15(8-4-13)11-12-17-16-9-5-14(2)6-10-16/h13-17H,3-12H2,1-2H3. The van der Waals surface area contributed by atoms with Gasteiger partial charge in [0.25, 0.3) is 0 Å². The van der Waals surface area contributed by atoms with Crippen molar-refractivity contribution in [3.63, 3.8) is 0 Å². The Bertz CT molecular complexity index is 176. The Morgan fingerprint density at radius 3 is 1.88 bits per heavy atom. The van der Waals surface area contributed by atoms with Crippen molar-refractivity contribution in [2.24, 2.45) is 17.8 Å². The second-order valence-electron chi connectivity index (χ2n) is 6.83. The van der Waals surface area contributed by atoms with Gasteiger partial charge in [-0.05, 0) is 56.4 Å². The van der Waals surface area contributed by atoms with Gasteiger partial charge in [-0.3, -0.25) is 0 Å². The fourth-order valence-corrected chi connectivity index (χ4v) is 3.57. The molecule has 0 aromatic rings. The third kappa shape index (κ3) is 4.62. The molecule has 0 unspecified atom stereocenters. The van der Waals surface area contributed by atoms with E-state index in [4.69, 9.17) is 0 Å². The van der Waals surface area contributed by atoms with Crippen LogP contribution in [0.25, 0.3) is 0 Å². The van der Waals surface area contributed by atoms with Crippen molar-refractivity contribution < 1.29 is 0 Å². The molecule has 0 amide bonds. The van der Waals surface area contributed by atoms with E-state index in [0.717, 1.165) is 23.8 Å². The van der Waals surface area contributed by atoms with Crippen molar-refractivity contribution >= 4 is 0 Å². The summed E-state index contributed by atoms with van der Waals surface area (Å²) in [5.74, 6) is 3.01. The topological polar surface area (TPSA) is 12.0 Å². The lowest BCUT2D eigenvalue weighted by molar-refractivity contribution is 0.260.